The Hall–Kier alpha value is -2.71. The zero-order valence-corrected chi connectivity index (χ0v) is 15.3. The summed E-state index contributed by atoms with van der Waals surface area (Å²) in [5.74, 6) is 0.676. The van der Waals surface area contributed by atoms with Crippen LogP contribution in [0.3, 0.4) is 0 Å². The molecule has 5 rings (SSSR count). The van der Waals surface area contributed by atoms with Crippen molar-refractivity contribution in [2.24, 2.45) is 0 Å². The van der Waals surface area contributed by atoms with Crippen molar-refractivity contribution < 1.29 is 14.6 Å². The third kappa shape index (κ3) is 2.90. The van der Waals surface area contributed by atoms with Gasteiger partial charge in [0.1, 0.15) is 5.75 Å². The molecule has 1 atom stereocenters. The van der Waals surface area contributed by atoms with Crippen molar-refractivity contribution in [1.82, 2.24) is 20.1 Å². The minimum atomic E-state index is -0.429. The van der Waals surface area contributed by atoms with E-state index in [1.165, 1.54) is 11.3 Å². The summed E-state index contributed by atoms with van der Waals surface area (Å²) in [6, 6.07) is 6.00. The molecule has 2 aliphatic rings. The lowest BCUT2D eigenvalue weighted by molar-refractivity contribution is 0.0764. The van der Waals surface area contributed by atoms with E-state index in [4.69, 9.17) is 4.74 Å². The molecule has 0 saturated carbocycles. The molecular formula is C19H18N4O3S. The number of thiazole rings is 1. The first-order chi connectivity index (χ1) is 13.2. The molecule has 8 heteroatoms. The minimum Gasteiger partial charge on any atom is -0.492 e. The van der Waals surface area contributed by atoms with Crippen molar-refractivity contribution in [2.75, 3.05) is 19.7 Å². The molecule has 3 aromatic rings. The zero-order chi connectivity index (χ0) is 18.4. The highest BCUT2D eigenvalue weighted by molar-refractivity contribution is 7.14. The van der Waals surface area contributed by atoms with E-state index in [2.05, 4.69) is 15.2 Å². The number of aliphatic hydroxyl groups excluding tert-OH is 1. The van der Waals surface area contributed by atoms with Crippen molar-refractivity contribution in [2.45, 2.75) is 18.9 Å². The summed E-state index contributed by atoms with van der Waals surface area (Å²) in [7, 11) is 0. The van der Waals surface area contributed by atoms with Gasteiger partial charge in [-0.25, -0.2) is 4.98 Å². The highest BCUT2D eigenvalue weighted by Crippen LogP contribution is 2.39. The van der Waals surface area contributed by atoms with Crippen LogP contribution in [0, 0.1) is 0 Å². The Morgan fingerprint density at radius 1 is 1.37 bits per heavy atom. The Balaban J connectivity index is 1.51. The number of carbonyl (C=O) groups excluding carboxylic acids is 1. The van der Waals surface area contributed by atoms with Gasteiger partial charge in [-0.05, 0) is 24.1 Å². The summed E-state index contributed by atoms with van der Waals surface area (Å²) in [5, 5.41) is 17.0. The average Bonchev–Trinajstić information content (AvgIpc) is 3.41. The van der Waals surface area contributed by atoms with E-state index in [-0.39, 0.29) is 5.91 Å². The molecule has 1 amide bonds. The van der Waals surface area contributed by atoms with Gasteiger partial charge in [0.2, 0.25) is 0 Å². The largest absolute Gasteiger partial charge is 0.492 e. The number of H-pyrrole nitrogens is 1. The average molecular weight is 382 g/mol. The standard InChI is InChI=1S/C19H18N4O3S/c24-13-3-5-23(10-13)19(25)18-22-17-14-2-1-11(12-8-20-21-9-12)7-15(14)26-6-4-16(17)27-18/h1-2,7-9,13,24H,3-6,10H2,(H,20,21)/t13-/m1/s1. The number of nitrogens with zero attached hydrogens (tertiary/aromatic N) is 3. The molecular weight excluding hydrogens is 364 g/mol. The molecule has 27 heavy (non-hydrogen) atoms. The summed E-state index contributed by atoms with van der Waals surface area (Å²) < 4.78 is 5.95. The van der Waals surface area contributed by atoms with Crippen molar-refractivity contribution in [3.05, 3.63) is 40.5 Å². The maximum absolute atomic E-state index is 12.7. The van der Waals surface area contributed by atoms with E-state index in [0.29, 0.717) is 31.1 Å². The second-order valence-corrected chi connectivity index (χ2v) is 7.86. The molecule has 0 bridgehead atoms. The van der Waals surface area contributed by atoms with Crippen molar-refractivity contribution in [1.29, 1.82) is 0 Å². The number of hydrogen-bond acceptors (Lipinski definition) is 6. The highest BCUT2D eigenvalue weighted by Gasteiger charge is 2.29. The second-order valence-electron chi connectivity index (χ2n) is 6.78. The van der Waals surface area contributed by atoms with Crippen molar-refractivity contribution in [3.8, 4) is 28.1 Å². The Morgan fingerprint density at radius 3 is 3.07 bits per heavy atom. The van der Waals surface area contributed by atoms with Crippen LogP contribution in [-0.4, -0.2) is 56.9 Å². The first kappa shape index (κ1) is 16.5. The number of carbonyl (C=O) groups is 1. The van der Waals surface area contributed by atoms with Crippen molar-refractivity contribution in [3.63, 3.8) is 0 Å². The van der Waals surface area contributed by atoms with Crippen LogP contribution in [0.5, 0.6) is 5.75 Å². The second kappa shape index (κ2) is 6.47. The maximum Gasteiger partial charge on any atom is 0.282 e. The number of aliphatic hydroxyl groups is 1. The monoisotopic (exact) mass is 382 g/mol. The third-order valence-electron chi connectivity index (χ3n) is 4.99. The van der Waals surface area contributed by atoms with E-state index in [1.54, 1.807) is 11.1 Å². The van der Waals surface area contributed by atoms with Crippen LogP contribution in [0.15, 0.2) is 30.6 Å². The third-order valence-corrected chi connectivity index (χ3v) is 6.09. The van der Waals surface area contributed by atoms with Gasteiger partial charge in [0.15, 0.2) is 5.01 Å². The zero-order valence-electron chi connectivity index (χ0n) is 14.5. The van der Waals surface area contributed by atoms with Crippen LogP contribution in [-0.2, 0) is 6.42 Å². The highest BCUT2D eigenvalue weighted by atomic mass is 32.1. The number of aromatic nitrogens is 3. The summed E-state index contributed by atoms with van der Waals surface area (Å²) >= 11 is 1.43. The molecule has 0 spiro atoms. The molecule has 1 fully saturated rings. The van der Waals surface area contributed by atoms with Crippen molar-refractivity contribution >= 4 is 17.2 Å². The predicted molar refractivity (Wildman–Crippen MR) is 101 cm³/mol. The van der Waals surface area contributed by atoms with Gasteiger partial charge in [0, 0.05) is 41.7 Å². The number of β-amino-alcohol motifs (C(OH)–C–C–N with tert-alkyl or cyclic N) is 1. The number of fused-ring (bicyclic) bond motifs is 3. The number of benzene rings is 1. The van der Waals surface area contributed by atoms with E-state index in [0.717, 1.165) is 39.4 Å². The maximum atomic E-state index is 12.7. The Labute approximate surface area is 159 Å². The van der Waals surface area contributed by atoms with Gasteiger partial charge in [-0.1, -0.05) is 6.07 Å². The van der Waals surface area contributed by atoms with Gasteiger partial charge in [-0.2, -0.15) is 5.10 Å². The van der Waals surface area contributed by atoms with E-state index in [9.17, 15) is 9.90 Å². The number of ether oxygens (including phenoxy) is 1. The molecule has 0 radical (unpaired) electrons. The minimum absolute atomic E-state index is 0.0953. The van der Waals surface area contributed by atoms with E-state index in [1.807, 2.05) is 24.4 Å². The van der Waals surface area contributed by atoms with Crippen LogP contribution < -0.4 is 4.74 Å². The fourth-order valence-corrected chi connectivity index (χ4v) is 4.59. The molecule has 2 aliphatic heterocycles. The van der Waals surface area contributed by atoms with Gasteiger partial charge in [0.25, 0.3) is 5.91 Å². The number of rotatable bonds is 2. The van der Waals surface area contributed by atoms with Gasteiger partial charge < -0.3 is 14.7 Å². The molecule has 2 aromatic heterocycles. The topological polar surface area (TPSA) is 91.3 Å². The molecule has 1 saturated heterocycles. The molecule has 0 unspecified atom stereocenters. The Bertz CT molecular complexity index is 999. The number of likely N-dealkylation sites (tertiary alicyclic amines) is 1. The first-order valence-electron chi connectivity index (χ1n) is 8.92. The number of hydrogen-bond donors (Lipinski definition) is 2. The van der Waals surface area contributed by atoms with Gasteiger partial charge in [-0.15, -0.1) is 11.3 Å². The molecule has 2 N–H and O–H groups in total. The molecule has 1 aromatic carbocycles. The van der Waals surface area contributed by atoms with E-state index < -0.39 is 6.10 Å². The van der Waals surface area contributed by atoms with Crippen LogP contribution in [0.4, 0.5) is 0 Å². The lowest BCUT2D eigenvalue weighted by atomic mass is 10.0. The molecule has 7 nitrogen and oxygen atoms in total. The van der Waals surface area contributed by atoms with Crippen LogP contribution in [0.2, 0.25) is 0 Å². The van der Waals surface area contributed by atoms with Crippen LogP contribution in [0.25, 0.3) is 22.4 Å². The lowest BCUT2D eigenvalue weighted by Crippen LogP contribution is -2.29. The summed E-state index contributed by atoms with van der Waals surface area (Å²) in [6.45, 7) is 1.52. The van der Waals surface area contributed by atoms with Gasteiger partial charge >= 0.3 is 0 Å². The fourth-order valence-electron chi connectivity index (χ4n) is 3.56. The molecule has 0 aliphatic carbocycles. The van der Waals surface area contributed by atoms with Crippen LogP contribution >= 0.6 is 11.3 Å². The van der Waals surface area contributed by atoms with Gasteiger partial charge in [0.05, 0.1) is 24.6 Å². The lowest BCUT2D eigenvalue weighted by Gasteiger charge is -2.13. The Morgan fingerprint density at radius 2 is 2.30 bits per heavy atom. The Kier molecular flexibility index (Phi) is 3.95. The van der Waals surface area contributed by atoms with Crippen LogP contribution in [0.1, 0.15) is 21.1 Å². The number of amides is 1. The summed E-state index contributed by atoms with van der Waals surface area (Å²) in [6.07, 6.45) is 4.53. The normalized spacial score (nSPS) is 18.6. The quantitative estimate of drug-likeness (QED) is 0.710. The molecule has 138 valence electrons. The first-order valence-corrected chi connectivity index (χ1v) is 9.74. The SMILES string of the molecule is O=C(c1nc2c(s1)CCOc1cc(-c3cn[nH]c3)ccc1-2)N1CC[C@@H](O)C1. The fraction of sp³-hybridized carbons (Fsp3) is 0.316. The van der Waals surface area contributed by atoms with E-state index >= 15 is 0 Å². The smallest absolute Gasteiger partial charge is 0.282 e. The number of aromatic amines is 1. The summed E-state index contributed by atoms with van der Waals surface area (Å²) in [5.41, 5.74) is 3.75. The number of nitrogens with one attached hydrogen (secondary N) is 1. The predicted octanol–water partition coefficient (Wildman–Crippen LogP) is 2.34. The summed E-state index contributed by atoms with van der Waals surface area (Å²) in [4.78, 5) is 20.1. The van der Waals surface area contributed by atoms with Gasteiger partial charge in [-0.3, -0.25) is 9.89 Å². The molecule has 4 heterocycles.